The Labute approximate surface area is 86.3 Å². The lowest BCUT2D eigenvalue weighted by Crippen LogP contribution is -2.18. The molecule has 2 N–H and O–H groups in total. The lowest BCUT2D eigenvalue weighted by Gasteiger charge is -2.02. The molecular formula is C9H13N5O. The Morgan fingerprint density at radius 1 is 1.53 bits per heavy atom. The molecule has 0 fully saturated rings. The van der Waals surface area contributed by atoms with Gasteiger partial charge in [-0.05, 0) is 13.8 Å². The van der Waals surface area contributed by atoms with E-state index in [2.05, 4.69) is 20.4 Å². The maximum absolute atomic E-state index is 11.8. The zero-order valence-electron chi connectivity index (χ0n) is 8.90. The van der Waals surface area contributed by atoms with Crippen LogP contribution in [0.1, 0.15) is 19.9 Å². The number of fused-ring (bicyclic) bond motifs is 1. The lowest BCUT2D eigenvalue weighted by molar-refractivity contribution is 0.521. The minimum atomic E-state index is -0.0809. The van der Waals surface area contributed by atoms with E-state index < -0.39 is 0 Å². The summed E-state index contributed by atoms with van der Waals surface area (Å²) in [6.45, 7) is 3.87. The Kier molecular flexibility index (Phi) is 2.18. The number of H-pyrrole nitrogens is 1. The normalized spacial score (nSPS) is 11.2. The first-order chi connectivity index (χ1) is 7.13. The van der Waals surface area contributed by atoms with E-state index in [0.29, 0.717) is 17.0 Å². The van der Waals surface area contributed by atoms with Crippen molar-refractivity contribution in [3.05, 3.63) is 16.6 Å². The molecule has 6 heteroatoms. The fourth-order valence-corrected chi connectivity index (χ4v) is 1.40. The highest BCUT2D eigenvalue weighted by Gasteiger charge is 2.10. The molecule has 15 heavy (non-hydrogen) atoms. The third-order valence-corrected chi connectivity index (χ3v) is 2.20. The van der Waals surface area contributed by atoms with Crippen LogP contribution in [0.4, 0.5) is 5.95 Å². The Bertz CT molecular complexity index is 539. The third kappa shape index (κ3) is 1.47. The number of aromatic nitrogens is 4. The predicted molar refractivity (Wildman–Crippen MR) is 58.1 cm³/mol. The second-order valence-electron chi connectivity index (χ2n) is 3.59. The smallest absolute Gasteiger partial charge is 0.277 e. The number of aromatic amines is 1. The van der Waals surface area contributed by atoms with Crippen molar-refractivity contribution in [1.82, 2.24) is 19.7 Å². The van der Waals surface area contributed by atoms with E-state index in [-0.39, 0.29) is 11.6 Å². The number of anilines is 1. The summed E-state index contributed by atoms with van der Waals surface area (Å²) in [5.41, 5.74) is 0.482. The van der Waals surface area contributed by atoms with Gasteiger partial charge in [-0.15, -0.1) is 0 Å². The number of hydrogen-bond donors (Lipinski definition) is 2. The second kappa shape index (κ2) is 3.38. The molecule has 2 aromatic rings. The number of rotatable bonds is 2. The van der Waals surface area contributed by atoms with Crippen LogP contribution in [0.5, 0.6) is 0 Å². The van der Waals surface area contributed by atoms with Gasteiger partial charge in [-0.3, -0.25) is 9.89 Å². The van der Waals surface area contributed by atoms with Gasteiger partial charge in [-0.2, -0.15) is 4.98 Å². The van der Waals surface area contributed by atoms with Gasteiger partial charge in [0.2, 0.25) is 5.95 Å². The van der Waals surface area contributed by atoms with Gasteiger partial charge in [-0.25, -0.2) is 9.67 Å². The summed E-state index contributed by atoms with van der Waals surface area (Å²) in [6.07, 6.45) is 1.53. The molecule has 0 unspecified atom stereocenters. The molecule has 2 rings (SSSR count). The van der Waals surface area contributed by atoms with Crippen molar-refractivity contribution >= 4 is 17.0 Å². The van der Waals surface area contributed by atoms with Gasteiger partial charge in [0, 0.05) is 19.3 Å². The molecule has 0 amide bonds. The van der Waals surface area contributed by atoms with E-state index in [4.69, 9.17) is 0 Å². The Hall–Kier alpha value is -1.85. The summed E-state index contributed by atoms with van der Waals surface area (Å²) in [4.78, 5) is 20.0. The van der Waals surface area contributed by atoms with Crippen molar-refractivity contribution in [1.29, 1.82) is 0 Å². The fourth-order valence-electron chi connectivity index (χ4n) is 1.40. The van der Waals surface area contributed by atoms with Crippen LogP contribution in [-0.2, 0) is 0 Å². The molecule has 0 aliphatic rings. The SMILES string of the molecule is CNc1ncc2c(=O)n(C(C)C)[nH]c2n1. The van der Waals surface area contributed by atoms with Crippen LogP contribution in [0.2, 0.25) is 0 Å². The third-order valence-electron chi connectivity index (χ3n) is 2.20. The van der Waals surface area contributed by atoms with Crippen LogP contribution >= 0.6 is 0 Å². The minimum Gasteiger partial charge on any atom is -0.357 e. The Balaban J connectivity index is 2.71. The molecule has 0 radical (unpaired) electrons. The van der Waals surface area contributed by atoms with Crippen LogP contribution in [0, 0.1) is 0 Å². The van der Waals surface area contributed by atoms with E-state index >= 15 is 0 Å². The first-order valence-electron chi connectivity index (χ1n) is 4.78. The van der Waals surface area contributed by atoms with Crippen molar-refractivity contribution in [2.75, 3.05) is 12.4 Å². The van der Waals surface area contributed by atoms with E-state index in [9.17, 15) is 4.79 Å². The van der Waals surface area contributed by atoms with Crippen LogP contribution in [0.15, 0.2) is 11.0 Å². The standard InChI is InChI=1S/C9H13N5O/c1-5(2)14-8(15)6-4-11-9(10-3)12-7(6)13-14/h4-5H,1-3H3,(H2,10,11,12,13). The fraction of sp³-hybridized carbons (Fsp3) is 0.444. The number of hydrogen-bond acceptors (Lipinski definition) is 4. The van der Waals surface area contributed by atoms with E-state index in [0.717, 1.165) is 0 Å². The molecule has 0 aromatic carbocycles. The average Bonchev–Trinajstić information content (AvgIpc) is 2.55. The predicted octanol–water partition coefficient (Wildman–Crippen LogP) is 0.742. The van der Waals surface area contributed by atoms with Gasteiger partial charge in [-0.1, -0.05) is 0 Å². The average molecular weight is 207 g/mol. The van der Waals surface area contributed by atoms with Crippen LogP contribution in [0.25, 0.3) is 11.0 Å². The summed E-state index contributed by atoms with van der Waals surface area (Å²) < 4.78 is 1.54. The summed E-state index contributed by atoms with van der Waals surface area (Å²) >= 11 is 0. The van der Waals surface area contributed by atoms with Crippen LogP contribution < -0.4 is 10.9 Å². The molecule has 80 valence electrons. The number of nitrogens with zero attached hydrogens (tertiary/aromatic N) is 3. The second-order valence-corrected chi connectivity index (χ2v) is 3.59. The zero-order valence-corrected chi connectivity index (χ0v) is 8.90. The monoisotopic (exact) mass is 207 g/mol. The molecule has 0 saturated carbocycles. The number of nitrogens with one attached hydrogen (secondary N) is 2. The summed E-state index contributed by atoms with van der Waals surface area (Å²) in [5, 5.41) is 6.29. The summed E-state index contributed by atoms with van der Waals surface area (Å²) in [7, 11) is 1.73. The van der Waals surface area contributed by atoms with E-state index in [1.807, 2.05) is 13.8 Å². The maximum Gasteiger partial charge on any atom is 0.277 e. The van der Waals surface area contributed by atoms with Crippen molar-refractivity contribution in [3.63, 3.8) is 0 Å². The first-order valence-corrected chi connectivity index (χ1v) is 4.78. The summed E-state index contributed by atoms with van der Waals surface area (Å²) in [5.74, 6) is 0.500. The van der Waals surface area contributed by atoms with Gasteiger partial charge in [0.25, 0.3) is 5.56 Å². The van der Waals surface area contributed by atoms with Gasteiger partial charge >= 0.3 is 0 Å². The van der Waals surface area contributed by atoms with E-state index in [1.165, 1.54) is 6.20 Å². The van der Waals surface area contributed by atoms with Gasteiger partial charge in [0.05, 0.1) is 0 Å². The molecule has 0 spiro atoms. The summed E-state index contributed by atoms with van der Waals surface area (Å²) in [6, 6.07) is 0.0877. The highest BCUT2D eigenvalue weighted by atomic mass is 16.1. The Morgan fingerprint density at radius 2 is 2.27 bits per heavy atom. The highest BCUT2D eigenvalue weighted by molar-refractivity contribution is 5.73. The zero-order chi connectivity index (χ0) is 11.0. The molecule has 6 nitrogen and oxygen atoms in total. The van der Waals surface area contributed by atoms with Crippen molar-refractivity contribution in [2.45, 2.75) is 19.9 Å². The lowest BCUT2D eigenvalue weighted by atomic mass is 10.4. The largest absolute Gasteiger partial charge is 0.357 e. The van der Waals surface area contributed by atoms with Crippen molar-refractivity contribution < 1.29 is 0 Å². The van der Waals surface area contributed by atoms with Gasteiger partial charge < -0.3 is 5.32 Å². The molecule has 2 aromatic heterocycles. The molecule has 0 saturated heterocycles. The molecule has 0 bridgehead atoms. The highest BCUT2D eigenvalue weighted by Crippen LogP contribution is 2.08. The molecule has 2 heterocycles. The molecular weight excluding hydrogens is 194 g/mol. The van der Waals surface area contributed by atoms with Crippen LogP contribution in [0.3, 0.4) is 0 Å². The van der Waals surface area contributed by atoms with Crippen molar-refractivity contribution in [2.24, 2.45) is 0 Å². The van der Waals surface area contributed by atoms with Crippen molar-refractivity contribution in [3.8, 4) is 0 Å². The van der Waals surface area contributed by atoms with Crippen LogP contribution in [-0.4, -0.2) is 26.8 Å². The molecule has 0 aliphatic carbocycles. The Morgan fingerprint density at radius 3 is 2.87 bits per heavy atom. The maximum atomic E-state index is 11.8. The van der Waals surface area contributed by atoms with Gasteiger partial charge in [0.1, 0.15) is 5.39 Å². The topological polar surface area (TPSA) is 75.6 Å². The van der Waals surface area contributed by atoms with Gasteiger partial charge in [0.15, 0.2) is 5.65 Å². The minimum absolute atomic E-state index is 0.0809. The first kappa shape index (κ1) is 9.70. The molecule has 0 aliphatic heterocycles. The molecule has 0 atom stereocenters. The van der Waals surface area contributed by atoms with E-state index in [1.54, 1.807) is 11.7 Å². The quantitative estimate of drug-likeness (QED) is 0.761.